The Kier molecular flexibility index (Phi) is 4.41. The third-order valence-corrected chi connectivity index (χ3v) is 3.37. The van der Waals surface area contributed by atoms with E-state index in [1.165, 1.54) is 0 Å². The van der Waals surface area contributed by atoms with Crippen LogP contribution >= 0.6 is 11.6 Å². The van der Waals surface area contributed by atoms with Gasteiger partial charge in [-0.15, -0.1) is 0 Å². The van der Waals surface area contributed by atoms with Gasteiger partial charge >= 0.3 is 6.18 Å². The van der Waals surface area contributed by atoms with Crippen molar-refractivity contribution in [3.05, 3.63) is 28.3 Å². The van der Waals surface area contributed by atoms with Crippen LogP contribution in [-0.2, 0) is 9.63 Å². The average molecular weight is 321 g/mol. The van der Waals surface area contributed by atoms with Crippen molar-refractivity contribution in [3.8, 4) is 0 Å². The number of anilines is 1. The minimum atomic E-state index is -4.22. The topological polar surface area (TPSA) is 50.7 Å². The highest BCUT2D eigenvalue weighted by molar-refractivity contribution is 6.54. The molecule has 0 aromatic heterocycles. The molecular formula is C13H12ClF3N2O2. The second kappa shape index (κ2) is 5.93. The maximum absolute atomic E-state index is 12.0. The molecule has 4 nitrogen and oxygen atoms in total. The van der Waals surface area contributed by atoms with Gasteiger partial charge in [0, 0.05) is 17.0 Å². The standard InChI is InChI=1S/C13H12ClF3N2O2/c1-7-9(14)4-3-8-10(7)18-12(20)11(8)19-21-6-2-5-13(15,16)17/h3-4H,2,5-6H2,1H3,(H,18,19,20). The van der Waals surface area contributed by atoms with E-state index in [2.05, 4.69) is 10.5 Å². The molecule has 2 rings (SSSR count). The van der Waals surface area contributed by atoms with Gasteiger partial charge in [-0.25, -0.2) is 0 Å². The van der Waals surface area contributed by atoms with E-state index < -0.39 is 18.5 Å². The van der Waals surface area contributed by atoms with Gasteiger partial charge < -0.3 is 10.2 Å². The normalized spacial score (nSPS) is 16.0. The van der Waals surface area contributed by atoms with Gasteiger partial charge in [0.25, 0.3) is 5.91 Å². The van der Waals surface area contributed by atoms with Gasteiger partial charge in [0.2, 0.25) is 0 Å². The fraction of sp³-hybridized carbons (Fsp3) is 0.385. The van der Waals surface area contributed by atoms with Crippen LogP contribution in [0.25, 0.3) is 0 Å². The maximum Gasteiger partial charge on any atom is 0.389 e. The number of carbonyl (C=O) groups is 1. The minimum Gasteiger partial charge on any atom is -0.395 e. The zero-order valence-corrected chi connectivity index (χ0v) is 11.8. The summed E-state index contributed by atoms with van der Waals surface area (Å²) in [5, 5.41) is 6.74. The van der Waals surface area contributed by atoms with Gasteiger partial charge in [0.15, 0.2) is 5.71 Å². The zero-order chi connectivity index (χ0) is 15.6. The summed E-state index contributed by atoms with van der Waals surface area (Å²) in [6.45, 7) is 1.53. The summed E-state index contributed by atoms with van der Waals surface area (Å²) in [7, 11) is 0. The first kappa shape index (κ1) is 15.6. The number of amides is 1. The molecule has 0 radical (unpaired) electrons. The number of alkyl halides is 3. The van der Waals surface area contributed by atoms with E-state index in [1.807, 2.05) is 0 Å². The number of hydrogen-bond donors (Lipinski definition) is 1. The Balaban J connectivity index is 2.04. The van der Waals surface area contributed by atoms with E-state index in [0.717, 1.165) is 0 Å². The lowest BCUT2D eigenvalue weighted by molar-refractivity contribution is -0.137. The summed E-state index contributed by atoms with van der Waals surface area (Å²) in [6.07, 6.45) is -5.38. The number of rotatable bonds is 4. The first-order valence-corrected chi connectivity index (χ1v) is 6.55. The monoisotopic (exact) mass is 320 g/mol. The van der Waals surface area contributed by atoms with Crippen molar-refractivity contribution >= 4 is 28.9 Å². The Morgan fingerprint density at radius 1 is 1.38 bits per heavy atom. The first-order chi connectivity index (χ1) is 9.79. The van der Waals surface area contributed by atoms with Crippen LogP contribution < -0.4 is 5.32 Å². The highest BCUT2D eigenvalue weighted by Gasteiger charge is 2.29. The molecule has 0 bridgehead atoms. The number of halogens is 4. The summed E-state index contributed by atoms with van der Waals surface area (Å²) >= 11 is 5.95. The van der Waals surface area contributed by atoms with Gasteiger partial charge in [-0.05, 0) is 31.0 Å². The van der Waals surface area contributed by atoms with Crippen molar-refractivity contribution in [1.82, 2.24) is 0 Å². The van der Waals surface area contributed by atoms with Gasteiger partial charge in [-0.3, -0.25) is 4.79 Å². The average Bonchev–Trinajstić information content (AvgIpc) is 2.70. The van der Waals surface area contributed by atoms with E-state index in [4.69, 9.17) is 16.4 Å². The lowest BCUT2D eigenvalue weighted by atomic mass is 10.1. The largest absolute Gasteiger partial charge is 0.395 e. The lowest BCUT2D eigenvalue weighted by Crippen LogP contribution is -2.15. The number of hydrogen-bond acceptors (Lipinski definition) is 3. The van der Waals surface area contributed by atoms with Crippen LogP contribution in [0.5, 0.6) is 0 Å². The molecule has 1 heterocycles. The Labute approximate surface area is 123 Å². The SMILES string of the molecule is Cc1c(Cl)ccc2c1NC(=O)/C2=N\OCCCC(F)(F)F. The number of nitrogens with one attached hydrogen (secondary N) is 1. The highest BCUT2D eigenvalue weighted by atomic mass is 35.5. The molecule has 1 aliphatic heterocycles. The maximum atomic E-state index is 12.0. The quantitative estimate of drug-likeness (QED) is 0.680. The smallest absolute Gasteiger partial charge is 0.389 e. The van der Waals surface area contributed by atoms with Gasteiger partial charge in [0.05, 0.1) is 5.69 Å². The number of fused-ring (bicyclic) bond motifs is 1. The van der Waals surface area contributed by atoms with Crippen molar-refractivity contribution in [3.63, 3.8) is 0 Å². The molecule has 0 saturated carbocycles. The molecule has 0 saturated heterocycles. The Morgan fingerprint density at radius 2 is 2.10 bits per heavy atom. The van der Waals surface area contributed by atoms with E-state index in [-0.39, 0.29) is 18.7 Å². The van der Waals surface area contributed by atoms with Crippen LogP contribution in [0.4, 0.5) is 18.9 Å². The molecule has 1 amide bonds. The predicted molar refractivity (Wildman–Crippen MR) is 72.6 cm³/mol. The molecule has 114 valence electrons. The van der Waals surface area contributed by atoms with Gasteiger partial charge in [-0.2, -0.15) is 13.2 Å². The Morgan fingerprint density at radius 3 is 2.76 bits per heavy atom. The Hall–Kier alpha value is -1.76. The molecule has 21 heavy (non-hydrogen) atoms. The van der Waals surface area contributed by atoms with Crippen molar-refractivity contribution in [2.24, 2.45) is 5.16 Å². The third kappa shape index (κ3) is 3.66. The van der Waals surface area contributed by atoms with E-state index in [0.29, 0.717) is 21.8 Å². The first-order valence-electron chi connectivity index (χ1n) is 6.17. The molecule has 1 N–H and O–H groups in total. The minimum absolute atomic E-state index is 0.0387. The summed E-state index contributed by atoms with van der Waals surface area (Å²) in [5.41, 5.74) is 1.81. The fourth-order valence-corrected chi connectivity index (χ4v) is 2.04. The molecule has 0 aliphatic carbocycles. The second-order valence-electron chi connectivity index (χ2n) is 4.54. The fourth-order valence-electron chi connectivity index (χ4n) is 1.88. The lowest BCUT2D eigenvalue weighted by Gasteiger charge is -2.05. The van der Waals surface area contributed by atoms with Gasteiger partial charge in [-0.1, -0.05) is 16.8 Å². The number of nitrogens with zero attached hydrogens (tertiary/aromatic N) is 1. The van der Waals surface area contributed by atoms with Gasteiger partial charge in [0.1, 0.15) is 6.61 Å². The predicted octanol–water partition coefficient (Wildman–Crippen LogP) is 3.66. The summed E-state index contributed by atoms with van der Waals surface area (Å²) in [6, 6.07) is 3.23. The molecule has 8 heteroatoms. The number of benzene rings is 1. The highest BCUT2D eigenvalue weighted by Crippen LogP contribution is 2.32. The number of oxime groups is 1. The molecule has 0 unspecified atom stereocenters. The zero-order valence-electron chi connectivity index (χ0n) is 11.1. The van der Waals surface area contributed by atoms with Crippen LogP contribution in [0.2, 0.25) is 5.02 Å². The van der Waals surface area contributed by atoms with Crippen LogP contribution in [0.1, 0.15) is 24.0 Å². The van der Waals surface area contributed by atoms with Crippen LogP contribution in [0, 0.1) is 6.92 Å². The van der Waals surface area contributed by atoms with E-state index in [9.17, 15) is 18.0 Å². The third-order valence-electron chi connectivity index (χ3n) is 2.96. The van der Waals surface area contributed by atoms with Crippen LogP contribution in [-0.4, -0.2) is 24.4 Å². The summed E-state index contributed by atoms with van der Waals surface area (Å²) in [5.74, 6) is -0.466. The molecule has 1 aromatic carbocycles. The second-order valence-corrected chi connectivity index (χ2v) is 4.95. The van der Waals surface area contributed by atoms with Crippen LogP contribution in [0.3, 0.4) is 0 Å². The summed E-state index contributed by atoms with van der Waals surface area (Å²) in [4.78, 5) is 16.6. The van der Waals surface area contributed by atoms with E-state index >= 15 is 0 Å². The molecular weight excluding hydrogens is 309 g/mol. The number of carbonyl (C=O) groups excluding carboxylic acids is 1. The van der Waals surface area contributed by atoms with Crippen molar-refractivity contribution in [1.29, 1.82) is 0 Å². The van der Waals surface area contributed by atoms with E-state index in [1.54, 1.807) is 19.1 Å². The van der Waals surface area contributed by atoms with Crippen LogP contribution in [0.15, 0.2) is 17.3 Å². The molecule has 0 atom stereocenters. The molecule has 1 aliphatic rings. The van der Waals surface area contributed by atoms with Crippen molar-refractivity contribution in [2.45, 2.75) is 25.9 Å². The van der Waals surface area contributed by atoms with Crippen molar-refractivity contribution in [2.75, 3.05) is 11.9 Å². The molecule has 0 spiro atoms. The molecule has 1 aromatic rings. The van der Waals surface area contributed by atoms with Crippen molar-refractivity contribution < 1.29 is 22.8 Å². The summed E-state index contributed by atoms with van der Waals surface area (Å²) < 4.78 is 35.9. The Bertz CT molecular complexity index is 600. The molecule has 0 fully saturated rings.